The molecular formula is C16H12N2O4S. The van der Waals surface area contributed by atoms with Gasteiger partial charge in [0.2, 0.25) is 5.88 Å². The molecule has 6 nitrogen and oxygen atoms in total. The molecule has 0 saturated heterocycles. The zero-order chi connectivity index (χ0) is 15.6. The molecule has 23 heavy (non-hydrogen) atoms. The first-order chi connectivity index (χ1) is 11.3. The van der Waals surface area contributed by atoms with Gasteiger partial charge in [0.25, 0.3) is 0 Å². The fourth-order valence-corrected chi connectivity index (χ4v) is 3.04. The summed E-state index contributed by atoms with van der Waals surface area (Å²) in [5.41, 5.74) is 0.518. The molecule has 0 saturated carbocycles. The van der Waals surface area contributed by atoms with Crippen LogP contribution in [0.5, 0.6) is 17.4 Å². The number of aromatic nitrogens is 2. The summed E-state index contributed by atoms with van der Waals surface area (Å²) in [4.78, 5) is 21.4. The maximum absolute atomic E-state index is 12.3. The fraction of sp³-hybridized carbons (Fsp3) is 0.188. The number of carbonyl (C=O) groups excluding carboxylic acids is 1. The van der Waals surface area contributed by atoms with E-state index in [-0.39, 0.29) is 12.4 Å². The Bertz CT molecular complexity index is 877. The van der Waals surface area contributed by atoms with Crippen LogP contribution in [0, 0.1) is 0 Å². The number of nitrogens with zero attached hydrogens (tertiary/aromatic N) is 2. The van der Waals surface area contributed by atoms with E-state index in [0.717, 1.165) is 10.2 Å². The molecule has 0 amide bonds. The number of ketones is 1. The van der Waals surface area contributed by atoms with Gasteiger partial charge in [-0.2, -0.15) is 0 Å². The first-order valence-electron chi connectivity index (χ1n) is 7.05. The van der Waals surface area contributed by atoms with Gasteiger partial charge in [0.15, 0.2) is 23.9 Å². The minimum atomic E-state index is -0.149. The highest BCUT2D eigenvalue weighted by Crippen LogP contribution is 2.31. The van der Waals surface area contributed by atoms with Gasteiger partial charge in [-0.25, -0.2) is 9.97 Å². The third-order valence-corrected chi connectivity index (χ3v) is 4.25. The van der Waals surface area contributed by atoms with Crippen molar-refractivity contribution in [3.05, 3.63) is 41.5 Å². The van der Waals surface area contributed by atoms with Crippen LogP contribution in [-0.4, -0.2) is 35.6 Å². The molecular weight excluding hydrogens is 316 g/mol. The van der Waals surface area contributed by atoms with Crippen LogP contribution in [0.3, 0.4) is 0 Å². The van der Waals surface area contributed by atoms with E-state index in [1.807, 2.05) is 11.4 Å². The van der Waals surface area contributed by atoms with Crippen molar-refractivity contribution in [2.45, 2.75) is 0 Å². The zero-order valence-corrected chi connectivity index (χ0v) is 12.8. The molecule has 0 radical (unpaired) electrons. The minimum Gasteiger partial charge on any atom is -0.486 e. The highest BCUT2D eigenvalue weighted by molar-refractivity contribution is 7.16. The first-order valence-corrected chi connectivity index (χ1v) is 7.93. The molecule has 1 aliphatic rings. The van der Waals surface area contributed by atoms with Crippen molar-refractivity contribution < 1.29 is 19.0 Å². The maximum atomic E-state index is 12.3. The third-order valence-electron chi connectivity index (χ3n) is 3.43. The Morgan fingerprint density at radius 1 is 1.17 bits per heavy atom. The van der Waals surface area contributed by atoms with E-state index < -0.39 is 0 Å². The molecule has 0 N–H and O–H groups in total. The summed E-state index contributed by atoms with van der Waals surface area (Å²) in [6.45, 7) is 0.910. The summed E-state index contributed by atoms with van der Waals surface area (Å²) in [5.74, 6) is 1.51. The maximum Gasteiger partial charge on any atom is 0.225 e. The quantitative estimate of drug-likeness (QED) is 0.686. The van der Waals surface area contributed by atoms with E-state index in [1.165, 1.54) is 17.7 Å². The average Bonchev–Trinajstić information content (AvgIpc) is 3.08. The molecule has 1 aromatic carbocycles. The van der Waals surface area contributed by atoms with Crippen LogP contribution in [0.4, 0.5) is 0 Å². The summed E-state index contributed by atoms with van der Waals surface area (Å²) in [6.07, 6.45) is 1.43. The number of fused-ring (bicyclic) bond motifs is 2. The molecule has 2 aromatic heterocycles. The molecule has 0 aliphatic carbocycles. The zero-order valence-electron chi connectivity index (χ0n) is 12.0. The second-order valence-electron chi connectivity index (χ2n) is 4.89. The van der Waals surface area contributed by atoms with Crippen molar-refractivity contribution in [1.82, 2.24) is 9.97 Å². The van der Waals surface area contributed by atoms with Crippen LogP contribution >= 0.6 is 11.3 Å². The Morgan fingerprint density at radius 3 is 2.96 bits per heavy atom. The molecule has 4 rings (SSSR count). The molecule has 3 aromatic rings. The Morgan fingerprint density at radius 2 is 2.04 bits per heavy atom. The third kappa shape index (κ3) is 2.70. The van der Waals surface area contributed by atoms with Gasteiger partial charge in [-0.1, -0.05) is 0 Å². The van der Waals surface area contributed by atoms with E-state index in [0.29, 0.717) is 36.2 Å². The summed E-state index contributed by atoms with van der Waals surface area (Å²) in [7, 11) is 0. The number of carbonyl (C=O) groups is 1. The van der Waals surface area contributed by atoms with E-state index >= 15 is 0 Å². The molecule has 0 atom stereocenters. The highest BCUT2D eigenvalue weighted by Gasteiger charge is 2.16. The van der Waals surface area contributed by atoms with Crippen LogP contribution in [-0.2, 0) is 0 Å². The SMILES string of the molecule is O=C(COc1ncnc2sccc12)c1ccc2c(c1)OCCO2. The summed E-state index contributed by atoms with van der Waals surface area (Å²) in [6, 6.07) is 7.01. The largest absolute Gasteiger partial charge is 0.486 e. The predicted molar refractivity (Wildman–Crippen MR) is 84.7 cm³/mol. The molecule has 116 valence electrons. The van der Waals surface area contributed by atoms with E-state index in [9.17, 15) is 4.79 Å². The number of thiophene rings is 1. The van der Waals surface area contributed by atoms with Crippen LogP contribution in [0.1, 0.15) is 10.4 Å². The van der Waals surface area contributed by atoms with Crippen molar-refractivity contribution in [2.24, 2.45) is 0 Å². The Labute approximate surface area is 135 Å². The molecule has 3 heterocycles. The number of ether oxygens (including phenoxy) is 3. The van der Waals surface area contributed by atoms with Crippen LogP contribution in [0.2, 0.25) is 0 Å². The lowest BCUT2D eigenvalue weighted by Gasteiger charge is -2.18. The standard InChI is InChI=1S/C16H12N2O4S/c19-12(10-1-2-13-14(7-10)21-5-4-20-13)8-22-15-11-3-6-23-16(11)18-9-17-15/h1-3,6-7,9H,4-5,8H2. The Balaban J connectivity index is 1.51. The number of rotatable bonds is 4. The summed E-state index contributed by atoms with van der Waals surface area (Å²) >= 11 is 1.50. The number of benzene rings is 1. The minimum absolute atomic E-state index is 0.0956. The monoisotopic (exact) mass is 328 g/mol. The van der Waals surface area contributed by atoms with Gasteiger partial charge in [-0.15, -0.1) is 11.3 Å². The molecule has 0 unspecified atom stereocenters. The van der Waals surface area contributed by atoms with Crippen LogP contribution < -0.4 is 14.2 Å². The number of Topliss-reactive ketones (excluding diaryl/α,β-unsaturated/α-hetero) is 1. The Hall–Kier alpha value is -2.67. The Kier molecular flexibility index (Phi) is 3.55. The molecule has 7 heteroatoms. The second-order valence-corrected chi connectivity index (χ2v) is 5.78. The molecule has 1 aliphatic heterocycles. The fourth-order valence-electron chi connectivity index (χ4n) is 2.32. The van der Waals surface area contributed by atoms with Crippen LogP contribution in [0.15, 0.2) is 36.0 Å². The van der Waals surface area contributed by atoms with Gasteiger partial charge < -0.3 is 14.2 Å². The smallest absolute Gasteiger partial charge is 0.225 e. The first kappa shape index (κ1) is 14.0. The van der Waals surface area contributed by atoms with Crippen molar-refractivity contribution in [3.63, 3.8) is 0 Å². The molecule has 0 spiro atoms. The topological polar surface area (TPSA) is 70.5 Å². The second kappa shape index (κ2) is 5.85. The number of hydrogen-bond donors (Lipinski definition) is 0. The van der Waals surface area contributed by atoms with Gasteiger partial charge in [0.05, 0.1) is 5.39 Å². The van der Waals surface area contributed by atoms with Gasteiger partial charge >= 0.3 is 0 Å². The number of hydrogen-bond acceptors (Lipinski definition) is 7. The van der Waals surface area contributed by atoms with E-state index in [1.54, 1.807) is 18.2 Å². The van der Waals surface area contributed by atoms with Crippen molar-refractivity contribution in [1.29, 1.82) is 0 Å². The molecule has 0 bridgehead atoms. The lowest BCUT2D eigenvalue weighted by atomic mass is 10.1. The lowest BCUT2D eigenvalue weighted by Crippen LogP contribution is -2.17. The highest BCUT2D eigenvalue weighted by atomic mass is 32.1. The van der Waals surface area contributed by atoms with Crippen molar-refractivity contribution >= 4 is 27.3 Å². The van der Waals surface area contributed by atoms with E-state index in [4.69, 9.17) is 14.2 Å². The van der Waals surface area contributed by atoms with Gasteiger partial charge in [0.1, 0.15) is 24.4 Å². The van der Waals surface area contributed by atoms with Crippen molar-refractivity contribution in [2.75, 3.05) is 19.8 Å². The van der Waals surface area contributed by atoms with Gasteiger partial charge in [-0.3, -0.25) is 4.79 Å². The van der Waals surface area contributed by atoms with Crippen LogP contribution in [0.25, 0.3) is 10.2 Å². The molecule has 0 fully saturated rings. The lowest BCUT2D eigenvalue weighted by molar-refractivity contribution is 0.0918. The average molecular weight is 328 g/mol. The van der Waals surface area contributed by atoms with E-state index in [2.05, 4.69) is 9.97 Å². The summed E-state index contributed by atoms with van der Waals surface area (Å²) in [5, 5.41) is 2.72. The van der Waals surface area contributed by atoms with Crippen molar-refractivity contribution in [3.8, 4) is 17.4 Å². The van der Waals surface area contributed by atoms with Gasteiger partial charge in [0, 0.05) is 5.56 Å². The summed E-state index contributed by atoms with van der Waals surface area (Å²) < 4.78 is 16.5. The van der Waals surface area contributed by atoms with Gasteiger partial charge in [-0.05, 0) is 29.6 Å². The normalized spacial score (nSPS) is 13.0. The predicted octanol–water partition coefficient (Wildman–Crippen LogP) is 2.72.